The highest BCUT2D eigenvalue weighted by molar-refractivity contribution is 5.53. The average Bonchev–Trinajstić information content (AvgIpc) is 3.09. The summed E-state index contributed by atoms with van der Waals surface area (Å²) in [6.45, 7) is 4.62. The molecule has 0 atom stereocenters. The van der Waals surface area contributed by atoms with Gasteiger partial charge in [0.25, 0.3) is 0 Å². The molecular formula is C15H15N3O2. The van der Waals surface area contributed by atoms with Crippen LogP contribution in [0.25, 0.3) is 11.4 Å². The van der Waals surface area contributed by atoms with Crippen molar-refractivity contribution < 1.29 is 8.94 Å². The summed E-state index contributed by atoms with van der Waals surface area (Å²) >= 11 is 0. The predicted molar refractivity (Wildman–Crippen MR) is 75.2 cm³/mol. The van der Waals surface area contributed by atoms with Crippen LogP contribution < -0.4 is 5.32 Å². The molecule has 2 aromatic heterocycles. The number of furan rings is 1. The van der Waals surface area contributed by atoms with Crippen LogP contribution in [-0.4, -0.2) is 10.1 Å². The van der Waals surface area contributed by atoms with Crippen molar-refractivity contribution in [2.45, 2.75) is 20.4 Å². The first-order valence-electron chi connectivity index (χ1n) is 6.38. The minimum atomic E-state index is 0.495. The lowest BCUT2D eigenvalue weighted by Crippen LogP contribution is -2.01. The third-order valence-corrected chi connectivity index (χ3v) is 3.07. The quantitative estimate of drug-likeness (QED) is 0.784. The molecule has 0 saturated heterocycles. The molecule has 102 valence electrons. The number of aromatic nitrogens is 2. The molecular weight excluding hydrogens is 254 g/mol. The van der Waals surface area contributed by atoms with Gasteiger partial charge >= 0.3 is 0 Å². The van der Waals surface area contributed by atoms with Crippen molar-refractivity contribution in [1.82, 2.24) is 10.1 Å². The lowest BCUT2D eigenvalue weighted by atomic mass is 10.1. The van der Waals surface area contributed by atoms with Crippen molar-refractivity contribution in [2.24, 2.45) is 0 Å². The highest BCUT2D eigenvalue weighted by atomic mass is 16.5. The smallest absolute Gasteiger partial charge is 0.246 e. The van der Waals surface area contributed by atoms with E-state index < -0.39 is 0 Å². The molecule has 1 N–H and O–H groups in total. The van der Waals surface area contributed by atoms with Gasteiger partial charge in [-0.25, -0.2) is 0 Å². The summed E-state index contributed by atoms with van der Waals surface area (Å²) in [7, 11) is 0. The van der Waals surface area contributed by atoms with Crippen molar-refractivity contribution in [3.05, 3.63) is 53.8 Å². The molecule has 0 bridgehead atoms. The second kappa shape index (κ2) is 5.21. The van der Waals surface area contributed by atoms with Gasteiger partial charge in [-0.15, -0.1) is 0 Å². The Morgan fingerprint density at radius 2 is 2.10 bits per heavy atom. The molecule has 0 fully saturated rings. The molecule has 0 amide bonds. The Labute approximate surface area is 116 Å². The Kier molecular flexibility index (Phi) is 3.25. The van der Waals surface area contributed by atoms with Gasteiger partial charge in [-0.2, -0.15) is 4.98 Å². The van der Waals surface area contributed by atoms with Crippen molar-refractivity contribution in [3.63, 3.8) is 0 Å². The van der Waals surface area contributed by atoms with Gasteiger partial charge in [-0.1, -0.05) is 17.3 Å². The molecule has 3 aromatic rings. The van der Waals surface area contributed by atoms with E-state index in [0.29, 0.717) is 18.3 Å². The van der Waals surface area contributed by atoms with Gasteiger partial charge in [0.1, 0.15) is 6.26 Å². The van der Waals surface area contributed by atoms with Crippen molar-refractivity contribution in [1.29, 1.82) is 0 Å². The molecule has 0 aliphatic heterocycles. The van der Waals surface area contributed by atoms with E-state index in [9.17, 15) is 0 Å². The van der Waals surface area contributed by atoms with E-state index in [0.717, 1.165) is 11.3 Å². The number of benzene rings is 1. The fourth-order valence-corrected chi connectivity index (χ4v) is 1.93. The SMILES string of the molecule is Cc1ccc(C)c(NCc2nc(-c3ccoc3)no2)c1. The van der Waals surface area contributed by atoms with E-state index in [1.165, 1.54) is 11.1 Å². The summed E-state index contributed by atoms with van der Waals surface area (Å²) < 4.78 is 10.2. The predicted octanol–water partition coefficient (Wildman–Crippen LogP) is 3.56. The fourth-order valence-electron chi connectivity index (χ4n) is 1.93. The normalized spacial score (nSPS) is 10.7. The molecule has 2 heterocycles. The molecule has 20 heavy (non-hydrogen) atoms. The number of anilines is 1. The van der Waals surface area contributed by atoms with Crippen LogP contribution in [0.5, 0.6) is 0 Å². The Balaban J connectivity index is 1.71. The van der Waals surface area contributed by atoms with E-state index in [1.54, 1.807) is 18.6 Å². The number of hydrogen-bond acceptors (Lipinski definition) is 5. The van der Waals surface area contributed by atoms with Crippen molar-refractivity contribution >= 4 is 5.69 Å². The maximum Gasteiger partial charge on any atom is 0.246 e. The van der Waals surface area contributed by atoms with Crippen LogP contribution in [0, 0.1) is 13.8 Å². The average molecular weight is 269 g/mol. The summed E-state index contributed by atoms with van der Waals surface area (Å²) in [5.74, 6) is 1.08. The Hall–Kier alpha value is -2.56. The lowest BCUT2D eigenvalue weighted by Gasteiger charge is -2.08. The molecule has 5 nitrogen and oxygen atoms in total. The maximum atomic E-state index is 5.22. The van der Waals surface area contributed by atoms with E-state index >= 15 is 0 Å². The first-order valence-corrected chi connectivity index (χ1v) is 6.38. The number of rotatable bonds is 4. The minimum absolute atomic E-state index is 0.495. The molecule has 0 radical (unpaired) electrons. The zero-order chi connectivity index (χ0) is 13.9. The van der Waals surface area contributed by atoms with Crippen LogP contribution in [0.1, 0.15) is 17.0 Å². The molecule has 1 aromatic carbocycles. The van der Waals surface area contributed by atoms with Gasteiger partial charge in [-0.05, 0) is 37.1 Å². The largest absolute Gasteiger partial charge is 0.472 e. The summed E-state index contributed by atoms with van der Waals surface area (Å²) in [5, 5.41) is 7.23. The van der Waals surface area contributed by atoms with E-state index in [1.807, 2.05) is 0 Å². The minimum Gasteiger partial charge on any atom is -0.472 e. The second-order valence-electron chi connectivity index (χ2n) is 4.70. The monoisotopic (exact) mass is 269 g/mol. The molecule has 0 aliphatic carbocycles. The molecule has 0 unspecified atom stereocenters. The van der Waals surface area contributed by atoms with Crippen LogP contribution in [0.3, 0.4) is 0 Å². The van der Waals surface area contributed by atoms with Crippen LogP contribution in [0.15, 0.2) is 45.7 Å². The second-order valence-corrected chi connectivity index (χ2v) is 4.70. The van der Waals surface area contributed by atoms with Gasteiger partial charge in [0.05, 0.1) is 18.4 Å². The van der Waals surface area contributed by atoms with Gasteiger partial charge in [0.15, 0.2) is 0 Å². The van der Waals surface area contributed by atoms with Gasteiger partial charge in [0.2, 0.25) is 11.7 Å². The highest BCUT2D eigenvalue weighted by Gasteiger charge is 2.09. The van der Waals surface area contributed by atoms with E-state index in [-0.39, 0.29) is 0 Å². The number of hydrogen-bond donors (Lipinski definition) is 1. The standard InChI is InChI=1S/C15H15N3O2/c1-10-3-4-11(2)13(7-10)16-8-14-17-15(18-20-14)12-5-6-19-9-12/h3-7,9,16H,8H2,1-2H3. The van der Waals surface area contributed by atoms with Crippen LogP contribution >= 0.6 is 0 Å². The van der Waals surface area contributed by atoms with Crippen molar-refractivity contribution in [3.8, 4) is 11.4 Å². The summed E-state index contributed by atoms with van der Waals surface area (Å²) in [6, 6.07) is 8.07. The first kappa shape index (κ1) is 12.5. The zero-order valence-corrected chi connectivity index (χ0v) is 11.4. The van der Waals surface area contributed by atoms with E-state index in [4.69, 9.17) is 8.94 Å². The number of nitrogens with zero attached hydrogens (tertiary/aromatic N) is 2. The van der Waals surface area contributed by atoms with Crippen LogP contribution in [-0.2, 0) is 6.54 Å². The topological polar surface area (TPSA) is 64.1 Å². The van der Waals surface area contributed by atoms with Gasteiger partial charge in [-0.3, -0.25) is 0 Å². The van der Waals surface area contributed by atoms with E-state index in [2.05, 4.69) is 47.5 Å². The van der Waals surface area contributed by atoms with Crippen LogP contribution in [0.4, 0.5) is 5.69 Å². The maximum absolute atomic E-state index is 5.22. The van der Waals surface area contributed by atoms with Crippen molar-refractivity contribution in [2.75, 3.05) is 5.32 Å². The molecule has 0 spiro atoms. The summed E-state index contributed by atoms with van der Waals surface area (Å²) in [5.41, 5.74) is 4.28. The molecule has 3 rings (SSSR count). The van der Waals surface area contributed by atoms with Gasteiger partial charge in [0, 0.05) is 5.69 Å². The molecule has 0 saturated carbocycles. The summed E-state index contributed by atoms with van der Waals surface area (Å²) in [6.07, 6.45) is 3.17. The Bertz CT molecular complexity index is 702. The molecule has 0 aliphatic rings. The zero-order valence-electron chi connectivity index (χ0n) is 11.4. The van der Waals surface area contributed by atoms with Gasteiger partial charge < -0.3 is 14.3 Å². The summed E-state index contributed by atoms with van der Waals surface area (Å²) in [4.78, 5) is 4.32. The van der Waals surface area contributed by atoms with Crippen LogP contribution in [0.2, 0.25) is 0 Å². The Morgan fingerprint density at radius 1 is 1.20 bits per heavy atom. The third-order valence-electron chi connectivity index (χ3n) is 3.07. The number of aryl methyl sites for hydroxylation is 2. The fraction of sp³-hybridized carbons (Fsp3) is 0.200. The third kappa shape index (κ3) is 2.56. The Morgan fingerprint density at radius 3 is 2.90 bits per heavy atom. The highest BCUT2D eigenvalue weighted by Crippen LogP contribution is 2.19. The number of nitrogens with one attached hydrogen (secondary N) is 1. The first-order chi connectivity index (χ1) is 9.72. The molecule has 5 heteroatoms. The lowest BCUT2D eigenvalue weighted by molar-refractivity contribution is 0.384.